The van der Waals surface area contributed by atoms with Crippen molar-refractivity contribution in [2.45, 2.75) is 13.1 Å². The molecule has 0 aliphatic rings. The molecule has 3 rings (SSSR count). The van der Waals surface area contributed by atoms with Crippen molar-refractivity contribution >= 4 is 34.1 Å². The molecule has 1 heterocycles. The van der Waals surface area contributed by atoms with Crippen LogP contribution in [0.25, 0.3) is 10.9 Å². The zero-order valence-electron chi connectivity index (χ0n) is 11.3. The molecule has 0 spiro atoms. The van der Waals surface area contributed by atoms with Crippen molar-refractivity contribution in [3.05, 3.63) is 75.9 Å². The first-order valence-corrected chi connectivity index (χ1v) is 7.47. The van der Waals surface area contributed by atoms with Crippen molar-refractivity contribution in [2.24, 2.45) is 0 Å². The van der Waals surface area contributed by atoms with Crippen molar-refractivity contribution < 1.29 is 0 Å². The lowest BCUT2D eigenvalue weighted by atomic mass is 10.1. The molecule has 0 fully saturated rings. The summed E-state index contributed by atoms with van der Waals surface area (Å²) in [6.07, 6.45) is 1.79. The lowest BCUT2D eigenvalue weighted by Crippen LogP contribution is -2.13. The van der Waals surface area contributed by atoms with Crippen molar-refractivity contribution in [3.8, 4) is 0 Å². The molecule has 0 atom stereocenters. The van der Waals surface area contributed by atoms with Crippen LogP contribution < -0.4 is 5.32 Å². The van der Waals surface area contributed by atoms with Gasteiger partial charge in [-0.1, -0.05) is 47.5 Å². The second kappa shape index (κ2) is 6.44. The van der Waals surface area contributed by atoms with Crippen molar-refractivity contribution in [1.82, 2.24) is 10.3 Å². The van der Waals surface area contributed by atoms with Crippen LogP contribution in [0, 0.1) is 0 Å². The van der Waals surface area contributed by atoms with Gasteiger partial charge in [-0.3, -0.25) is 4.98 Å². The molecule has 0 saturated heterocycles. The number of benzene rings is 2. The van der Waals surface area contributed by atoms with Crippen LogP contribution in [0.3, 0.4) is 0 Å². The topological polar surface area (TPSA) is 24.9 Å². The Hall–Kier alpha value is -1.61. The molecule has 0 saturated carbocycles. The molecule has 0 aliphatic heterocycles. The second-order valence-electron chi connectivity index (χ2n) is 4.80. The standard InChI is InChI=1S/C17H14Cl2N2/c18-15-6-2-1-4-12(15)10-20-11-13-7-8-16(19)14-5-3-9-21-17(13)14/h1-9,20H,10-11H2. The van der Waals surface area contributed by atoms with Crippen LogP contribution in [0.2, 0.25) is 10.0 Å². The van der Waals surface area contributed by atoms with E-state index in [0.717, 1.165) is 45.2 Å². The summed E-state index contributed by atoms with van der Waals surface area (Å²) in [4.78, 5) is 4.43. The van der Waals surface area contributed by atoms with E-state index >= 15 is 0 Å². The Bertz CT molecular complexity index is 772. The predicted octanol–water partition coefficient (Wildman–Crippen LogP) is 4.83. The number of aromatic nitrogens is 1. The van der Waals surface area contributed by atoms with Crippen molar-refractivity contribution in [2.75, 3.05) is 0 Å². The summed E-state index contributed by atoms with van der Waals surface area (Å²) in [6, 6.07) is 15.7. The molecule has 4 heteroatoms. The third kappa shape index (κ3) is 3.18. The van der Waals surface area contributed by atoms with Gasteiger partial charge >= 0.3 is 0 Å². The molecular formula is C17H14Cl2N2. The number of halogens is 2. The lowest BCUT2D eigenvalue weighted by molar-refractivity contribution is 0.696. The molecule has 0 amide bonds. The Morgan fingerprint density at radius 3 is 2.48 bits per heavy atom. The molecule has 1 aromatic heterocycles. The number of hydrogen-bond donors (Lipinski definition) is 1. The van der Waals surface area contributed by atoms with Gasteiger partial charge in [-0.25, -0.2) is 0 Å². The minimum absolute atomic E-state index is 0.718. The van der Waals surface area contributed by atoms with Crippen molar-refractivity contribution in [1.29, 1.82) is 0 Å². The lowest BCUT2D eigenvalue weighted by Gasteiger charge is -2.09. The van der Waals surface area contributed by atoms with Crippen molar-refractivity contribution in [3.63, 3.8) is 0 Å². The molecule has 0 aliphatic carbocycles. The summed E-state index contributed by atoms with van der Waals surface area (Å²) >= 11 is 12.4. The van der Waals surface area contributed by atoms with E-state index in [9.17, 15) is 0 Å². The maximum atomic E-state index is 6.20. The highest BCUT2D eigenvalue weighted by Crippen LogP contribution is 2.24. The normalized spacial score (nSPS) is 11.0. The third-order valence-electron chi connectivity index (χ3n) is 3.39. The Morgan fingerprint density at radius 1 is 0.810 bits per heavy atom. The maximum absolute atomic E-state index is 6.20. The molecule has 1 N–H and O–H groups in total. The van der Waals surface area contributed by atoms with Crippen LogP contribution in [-0.4, -0.2) is 4.98 Å². The van der Waals surface area contributed by atoms with Crippen LogP contribution >= 0.6 is 23.2 Å². The fraction of sp³-hybridized carbons (Fsp3) is 0.118. The Labute approximate surface area is 133 Å². The molecular weight excluding hydrogens is 303 g/mol. The van der Waals surface area contributed by atoms with Gasteiger partial charge in [0.15, 0.2) is 0 Å². The van der Waals surface area contributed by atoms with Gasteiger partial charge in [0.2, 0.25) is 0 Å². The van der Waals surface area contributed by atoms with Crippen LogP contribution in [0.15, 0.2) is 54.7 Å². The average Bonchev–Trinajstić information content (AvgIpc) is 2.52. The highest BCUT2D eigenvalue weighted by atomic mass is 35.5. The predicted molar refractivity (Wildman–Crippen MR) is 88.7 cm³/mol. The number of hydrogen-bond acceptors (Lipinski definition) is 2. The van der Waals surface area contributed by atoms with E-state index in [-0.39, 0.29) is 0 Å². The van der Waals surface area contributed by atoms with E-state index in [1.807, 2.05) is 48.5 Å². The number of rotatable bonds is 4. The number of fused-ring (bicyclic) bond motifs is 1. The van der Waals surface area contributed by atoms with E-state index in [1.54, 1.807) is 6.20 Å². The fourth-order valence-corrected chi connectivity index (χ4v) is 2.73. The second-order valence-corrected chi connectivity index (χ2v) is 5.62. The molecule has 0 bridgehead atoms. The molecule has 0 unspecified atom stereocenters. The highest BCUT2D eigenvalue weighted by molar-refractivity contribution is 6.35. The number of nitrogens with zero attached hydrogens (tertiary/aromatic N) is 1. The van der Waals surface area contributed by atoms with Crippen LogP contribution in [0.5, 0.6) is 0 Å². The van der Waals surface area contributed by atoms with Crippen LogP contribution in [0.1, 0.15) is 11.1 Å². The van der Waals surface area contributed by atoms with Gasteiger partial charge in [0.1, 0.15) is 0 Å². The molecule has 3 aromatic rings. The first kappa shape index (κ1) is 14.3. The fourth-order valence-electron chi connectivity index (χ4n) is 2.31. The molecule has 106 valence electrons. The van der Waals surface area contributed by atoms with Crippen LogP contribution in [-0.2, 0) is 13.1 Å². The van der Waals surface area contributed by atoms with Gasteiger partial charge in [0, 0.05) is 34.7 Å². The quantitative estimate of drug-likeness (QED) is 0.745. The monoisotopic (exact) mass is 316 g/mol. The van der Waals surface area contributed by atoms with Gasteiger partial charge in [-0.15, -0.1) is 0 Å². The van der Waals surface area contributed by atoms with Crippen LogP contribution in [0.4, 0.5) is 0 Å². The SMILES string of the molecule is Clc1ccccc1CNCc1ccc(Cl)c2cccnc12. The van der Waals surface area contributed by atoms with E-state index in [0.29, 0.717) is 0 Å². The highest BCUT2D eigenvalue weighted by Gasteiger charge is 2.06. The largest absolute Gasteiger partial charge is 0.308 e. The Morgan fingerprint density at radius 2 is 1.62 bits per heavy atom. The average molecular weight is 317 g/mol. The van der Waals surface area contributed by atoms with Gasteiger partial charge in [0.05, 0.1) is 5.52 Å². The Balaban J connectivity index is 1.77. The number of pyridine rings is 1. The first-order chi connectivity index (χ1) is 10.3. The zero-order chi connectivity index (χ0) is 14.7. The third-order valence-corrected chi connectivity index (χ3v) is 4.09. The van der Waals surface area contributed by atoms with Gasteiger partial charge in [0.25, 0.3) is 0 Å². The minimum atomic E-state index is 0.718. The summed E-state index contributed by atoms with van der Waals surface area (Å²) in [5.41, 5.74) is 3.16. The first-order valence-electron chi connectivity index (χ1n) is 6.72. The molecule has 2 aromatic carbocycles. The summed E-state index contributed by atoms with van der Waals surface area (Å²) in [5.74, 6) is 0. The summed E-state index contributed by atoms with van der Waals surface area (Å²) < 4.78 is 0. The van der Waals surface area contributed by atoms with E-state index in [1.165, 1.54) is 0 Å². The zero-order valence-corrected chi connectivity index (χ0v) is 12.8. The molecule has 0 radical (unpaired) electrons. The van der Waals surface area contributed by atoms with Gasteiger partial charge < -0.3 is 5.32 Å². The summed E-state index contributed by atoms with van der Waals surface area (Å²) in [6.45, 7) is 1.44. The number of nitrogens with one attached hydrogen (secondary N) is 1. The minimum Gasteiger partial charge on any atom is -0.308 e. The summed E-state index contributed by atoms with van der Waals surface area (Å²) in [5, 5.41) is 5.90. The molecule has 21 heavy (non-hydrogen) atoms. The summed E-state index contributed by atoms with van der Waals surface area (Å²) in [7, 11) is 0. The molecule has 2 nitrogen and oxygen atoms in total. The Kier molecular flexibility index (Phi) is 4.39. The van der Waals surface area contributed by atoms with Gasteiger partial charge in [-0.05, 0) is 35.4 Å². The van der Waals surface area contributed by atoms with E-state index < -0.39 is 0 Å². The maximum Gasteiger partial charge on any atom is 0.0761 e. The van der Waals surface area contributed by atoms with Gasteiger partial charge in [-0.2, -0.15) is 0 Å². The van der Waals surface area contributed by atoms with E-state index in [4.69, 9.17) is 23.2 Å². The van der Waals surface area contributed by atoms with E-state index in [2.05, 4.69) is 10.3 Å². The smallest absolute Gasteiger partial charge is 0.0761 e.